The summed E-state index contributed by atoms with van der Waals surface area (Å²) < 4.78 is 16.2. The molecule has 2 aromatic heterocycles. The number of hydrogen-bond donors (Lipinski definition) is 3. The number of carbonyl (C=O) groups excluding carboxylic acids is 1. The minimum absolute atomic E-state index is 0.176. The molecule has 0 saturated heterocycles. The Bertz CT molecular complexity index is 1060. The maximum absolute atomic E-state index is 14.4. The predicted molar refractivity (Wildman–Crippen MR) is 110 cm³/mol. The zero-order chi connectivity index (χ0) is 20.8. The monoisotopic (exact) mass is 394 g/mol. The molecule has 0 radical (unpaired) electrons. The lowest BCUT2D eigenvalue weighted by atomic mass is 9.88. The highest BCUT2D eigenvalue weighted by molar-refractivity contribution is 5.91. The van der Waals surface area contributed by atoms with Crippen molar-refractivity contribution in [3.05, 3.63) is 77.4 Å². The molecule has 0 spiro atoms. The first kappa shape index (κ1) is 20.4. The normalized spacial score (nSPS) is 12.4. The molecule has 6 nitrogen and oxygen atoms in total. The largest absolute Gasteiger partial charge is 0.309 e. The van der Waals surface area contributed by atoms with Gasteiger partial charge in [-0.25, -0.2) is 14.4 Å². The number of fused-ring (bicyclic) bond motifs is 1. The van der Waals surface area contributed by atoms with Crippen LogP contribution in [0.25, 0.3) is 11.6 Å². The number of nitrogens with zero attached hydrogens (tertiary/aromatic N) is 2. The smallest absolute Gasteiger partial charge is 0.267 e. The maximum Gasteiger partial charge on any atom is 0.267 e. The maximum atomic E-state index is 14.4. The molecule has 1 amide bonds. The van der Waals surface area contributed by atoms with E-state index in [0.29, 0.717) is 25.0 Å². The van der Waals surface area contributed by atoms with Gasteiger partial charge in [-0.3, -0.25) is 10.0 Å². The van der Waals surface area contributed by atoms with E-state index in [1.165, 1.54) is 17.6 Å². The molecule has 0 unspecified atom stereocenters. The lowest BCUT2D eigenvalue weighted by Crippen LogP contribution is -2.15. The van der Waals surface area contributed by atoms with Crippen LogP contribution in [0.15, 0.2) is 54.9 Å². The summed E-state index contributed by atoms with van der Waals surface area (Å²) in [6, 6.07) is 10.6. The first-order valence-electron chi connectivity index (χ1n) is 9.43. The van der Waals surface area contributed by atoms with Gasteiger partial charge in [0.2, 0.25) is 0 Å². The second-order valence-corrected chi connectivity index (χ2v) is 6.78. The number of nitrogens with one attached hydrogen (secondary N) is 2. The highest BCUT2D eigenvalue weighted by atomic mass is 19.1. The molecule has 1 atom stereocenters. The van der Waals surface area contributed by atoms with E-state index in [4.69, 9.17) is 10.6 Å². The van der Waals surface area contributed by atoms with Crippen LogP contribution in [-0.2, 0) is 11.2 Å². The van der Waals surface area contributed by atoms with Gasteiger partial charge in [0.15, 0.2) is 0 Å². The minimum Gasteiger partial charge on any atom is -0.309 e. The van der Waals surface area contributed by atoms with E-state index >= 15 is 0 Å². The summed E-state index contributed by atoms with van der Waals surface area (Å²) in [4.78, 5) is 11.1. The summed E-state index contributed by atoms with van der Waals surface area (Å²) in [5, 5.41) is 21.4. The number of rotatable bonds is 8. The zero-order valence-corrected chi connectivity index (χ0v) is 16.1. The van der Waals surface area contributed by atoms with Crippen LogP contribution in [0.2, 0.25) is 0 Å². The first-order valence-corrected chi connectivity index (χ1v) is 9.43. The third kappa shape index (κ3) is 4.75. The Hall–Kier alpha value is -3.32. The van der Waals surface area contributed by atoms with Crippen molar-refractivity contribution < 1.29 is 14.4 Å². The van der Waals surface area contributed by atoms with Gasteiger partial charge in [0, 0.05) is 29.5 Å². The number of aryl methyl sites for hydroxylation is 1. The molecule has 0 fully saturated rings. The fourth-order valence-electron chi connectivity index (χ4n) is 3.40. The van der Waals surface area contributed by atoms with Gasteiger partial charge in [0.25, 0.3) is 5.91 Å². The number of benzene rings is 1. The molecule has 3 N–H and O–H groups in total. The highest BCUT2D eigenvalue weighted by Crippen LogP contribution is 2.26. The minimum atomic E-state index is -0.727. The molecule has 0 aliphatic heterocycles. The van der Waals surface area contributed by atoms with E-state index < -0.39 is 11.7 Å². The summed E-state index contributed by atoms with van der Waals surface area (Å²) in [5.41, 5.74) is 5.10. The van der Waals surface area contributed by atoms with Gasteiger partial charge in [-0.2, -0.15) is 5.10 Å². The van der Waals surface area contributed by atoms with Gasteiger partial charge in [0.05, 0.1) is 11.7 Å². The van der Waals surface area contributed by atoms with E-state index in [1.807, 2.05) is 42.0 Å². The molecule has 29 heavy (non-hydrogen) atoms. The van der Waals surface area contributed by atoms with Crippen molar-refractivity contribution in [2.24, 2.45) is 0 Å². The van der Waals surface area contributed by atoms with Crippen molar-refractivity contribution in [3.8, 4) is 0 Å². The van der Waals surface area contributed by atoms with E-state index in [-0.39, 0.29) is 11.5 Å². The van der Waals surface area contributed by atoms with E-state index in [2.05, 4.69) is 5.10 Å². The molecule has 0 bridgehead atoms. The van der Waals surface area contributed by atoms with Crippen molar-refractivity contribution in [2.45, 2.75) is 32.1 Å². The Labute approximate surface area is 168 Å². The summed E-state index contributed by atoms with van der Waals surface area (Å²) >= 11 is 0. The number of pyridine rings is 1. The molecular weight excluding hydrogens is 371 g/mol. The standard InChI is InChI=1S/C22H23FN4O2/c1-2-18(16-7-6-15(19(23)13-16)9-11-22(28)26-29)20(24)10-8-17-14-25-27-12-4-3-5-21(17)27/h3-7,9,11-14,18,24,29H,2,8,10H2,1H3,(H,26,28)/b11-9+,24-20?/t18-/m0/s1. The number of carbonyl (C=O) groups is 1. The van der Waals surface area contributed by atoms with Crippen molar-refractivity contribution in [1.29, 1.82) is 5.41 Å². The summed E-state index contributed by atoms with van der Waals surface area (Å²) in [5.74, 6) is -1.38. The molecule has 0 aliphatic rings. The van der Waals surface area contributed by atoms with Gasteiger partial charge >= 0.3 is 0 Å². The fourth-order valence-corrected chi connectivity index (χ4v) is 3.40. The van der Waals surface area contributed by atoms with Crippen LogP contribution < -0.4 is 5.48 Å². The average molecular weight is 394 g/mol. The quantitative estimate of drug-likeness (QED) is 0.232. The number of aromatic nitrogens is 2. The van der Waals surface area contributed by atoms with Gasteiger partial charge in [-0.1, -0.05) is 25.1 Å². The zero-order valence-electron chi connectivity index (χ0n) is 16.1. The molecule has 7 heteroatoms. The second kappa shape index (κ2) is 9.25. The van der Waals surface area contributed by atoms with Crippen molar-refractivity contribution in [3.63, 3.8) is 0 Å². The van der Waals surface area contributed by atoms with Crippen LogP contribution in [0.4, 0.5) is 4.39 Å². The number of amides is 1. The molecule has 3 rings (SSSR count). The lowest BCUT2D eigenvalue weighted by molar-refractivity contribution is -0.124. The van der Waals surface area contributed by atoms with E-state index in [0.717, 1.165) is 22.7 Å². The Morgan fingerprint density at radius 1 is 1.38 bits per heavy atom. The van der Waals surface area contributed by atoms with Gasteiger partial charge < -0.3 is 5.41 Å². The van der Waals surface area contributed by atoms with Crippen LogP contribution in [-0.4, -0.2) is 26.4 Å². The molecular formula is C22H23FN4O2. The van der Waals surface area contributed by atoms with Crippen LogP contribution in [0.1, 0.15) is 42.4 Å². The van der Waals surface area contributed by atoms with Gasteiger partial charge in [-0.15, -0.1) is 0 Å². The number of halogens is 1. The van der Waals surface area contributed by atoms with Crippen molar-refractivity contribution in [2.75, 3.05) is 0 Å². The third-order valence-corrected chi connectivity index (χ3v) is 4.95. The Morgan fingerprint density at radius 3 is 2.93 bits per heavy atom. The van der Waals surface area contributed by atoms with Crippen molar-refractivity contribution >= 4 is 23.2 Å². The van der Waals surface area contributed by atoms with Crippen LogP contribution in [0.3, 0.4) is 0 Å². The molecule has 1 aromatic carbocycles. The third-order valence-electron chi connectivity index (χ3n) is 4.95. The Morgan fingerprint density at radius 2 is 2.21 bits per heavy atom. The molecule has 2 heterocycles. The summed E-state index contributed by atoms with van der Waals surface area (Å²) in [7, 11) is 0. The molecule has 3 aromatic rings. The Kier molecular flexibility index (Phi) is 6.51. The summed E-state index contributed by atoms with van der Waals surface area (Å²) in [6.45, 7) is 1.98. The van der Waals surface area contributed by atoms with Crippen LogP contribution >= 0.6 is 0 Å². The predicted octanol–water partition coefficient (Wildman–Crippen LogP) is 4.14. The second-order valence-electron chi connectivity index (χ2n) is 6.78. The highest BCUT2D eigenvalue weighted by Gasteiger charge is 2.17. The number of hydroxylamine groups is 1. The van der Waals surface area contributed by atoms with Crippen LogP contribution in [0, 0.1) is 11.2 Å². The topological polar surface area (TPSA) is 90.5 Å². The molecule has 150 valence electrons. The summed E-state index contributed by atoms with van der Waals surface area (Å²) in [6.07, 6.45) is 8.01. The number of hydrogen-bond acceptors (Lipinski definition) is 4. The van der Waals surface area contributed by atoms with Gasteiger partial charge in [0.1, 0.15) is 5.82 Å². The average Bonchev–Trinajstić information content (AvgIpc) is 3.15. The van der Waals surface area contributed by atoms with Gasteiger partial charge in [-0.05, 0) is 54.7 Å². The molecule has 0 aliphatic carbocycles. The van der Waals surface area contributed by atoms with E-state index in [9.17, 15) is 9.18 Å². The van der Waals surface area contributed by atoms with E-state index in [1.54, 1.807) is 12.1 Å². The van der Waals surface area contributed by atoms with Crippen LogP contribution in [0.5, 0.6) is 0 Å². The first-order chi connectivity index (χ1) is 14.0. The van der Waals surface area contributed by atoms with Crippen molar-refractivity contribution in [1.82, 2.24) is 15.1 Å². The lowest BCUT2D eigenvalue weighted by Gasteiger charge is -2.17. The Balaban J connectivity index is 1.71. The fraction of sp³-hybridized carbons (Fsp3) is 0.227. The SMILES string of the molecule is CC[C@H](C(=N)CCc1cnn2ccccc12)c1ccc(/C=C/C(=O)NO)c(F)c1. The molecule has 0 saturated carbocycles.